The molecule has 3 aromatic carbocycles. The maximum absolute atomic E-state index is 14.9. The molecule has 0 aromatic heterocycles. The number of benzene rings is 3. The fourth-order valence-electron chi connectivity index (χ4n) is 3.81. The highest BCUT2D eigenvalue weighted by Gasteiger charge is 2.47. The Kier molecular flexibility index (Phi) is 6.04. The molecule has 0 radical (unpaired) electrons. The zero-order valence-corrected chi connectivity index (χ0v) is 17.7. The third-order valence-electron chi connectivity index (χ3n) is 5.35. The van der Waals surface area contributed by atoms with Gasteiger partial charge in [0.15, 0.2) is 0 Å². The number of Topliss-reactive ketones (excluding diaryl/α,β-unsaturated/α-hetero) is 1. The molecule has 4 rings (SSSR count). The predicted molar refractivity (Wildman–Crippen MR) is 120 cm³/mol. The Hall–Kier alpha value is -4.26. The van der Waals surface area contributed by atoms with Crippen molar-refractivity contribution in [1.82, 2.24) is 0 Å². The van der Waals surface area contributed by atoms with Crippen molar-refractivity contribution < 1.29 is 28.6 Å². The summed E-state index contributed by atoms with van der Waals surface area (Å²) in [6.45, 7) is 1.90. The molecule has 1 atom stereocenters. The van der Waals surface area contributed by atoms with Crippen molar-refractivity contribution in [3.63, 3.8) is 0 Å². The Morgan fingerprint density at radius 1 is 0.939 bits per heavy atom. The third-order valence-corrected chi connectivity index (χ3v) is 5.35. The molecule has 33 heavy (non-hydrogen) atoms. The number of ketones is 1. The van der Waals surface area contributed by atoms with E-state index < -0.39 is 35.3 Å². The van der Waals surface area contributed by atoms with Gasteiger partial charge in [-0.05, 0) is 37.3 Å². The van der Waals surface area contributed by atoms with Crippen LogP contribution in [0.4, 0.5) is 10.1 Å². The van der Waals surface area contributed by atoms with Crippen molar-refractivity contribution in [2.45, 2.75) is 13.0 Å². The van der Waals surface area contributed by atoms with E-state index in [2.05, 4.69) is 0 Å². The molecule has 3 aromatic rings. The summed E-state index contributed by atoms with van der Waals surface area (Å²) in [5, 5.41) is 11.0. The number of carbonyl (C=O) groups excluding carboxylic acids is 3. The number of carbonyl (C=O) groups is 3. The van der Waals surface area contributed by atoms with Crippen LogP contribution in [0.25, 0.3) is 5.76 Å². The Balaban J connectivity index is 1.88. The van der Waals surface area contributed by atoms with Gasteiger partial charge in [-0.1, -0.05) is 48.5 Å². The lowest BCUT2D eigenvalue weighted by atomic mass is 9.94. The smallest absolute Gasteiger partial charge is 0.338 e. The molecule has 1 saturated heterocycles. The van der Waals surface area contributed by atoms with Crippen LogP contribution in [0, 0.1) is 5.82 Å². The molecule has 0 bridgehead atoms. The van der Waals surface area contributed by atoms with Gasteiger partial charge in [-0.2, -0.15) is 0 Å². The fraction of sp³-hybridized carbons (Fsp3) is 0.115. The highest BCUT2D eigenvalue weighted by atomic mass is 19.1. The summed E-state index contributed by atoms with van der Waals surface area (Å²) in [4.78, 5) is 39.2. The summed E-state index contributed by atoms with van der Waals surface area (Å²) in [5.41, 5.74) is 0.707. The number of aliphatic hydroxyl groups is 1. The van der Waals surface area contributed by atoms with Crippen LogP contribution in [0.1, 0.15) is 34.5 Å². The SMILES string of the molecule is CCOC(=O)c1ccc(N2C(=O)C(=O)/C(=C(/O)c3ccccc3)[C@H]2c2ccccc2F)cc1. The maximum Gasteiger partial charge on any atom is 0.338 e. The summed E-state index contributed by atoms with van der Waals surface area (Å²) in [5.74, 6) is -3.39. The standard InChI is InChI=1S/C26H20FNO5/c1-2-33-26(32)17-12-14-18(15-13-17)28-22(19-10-6-7-11-20(19)27)21(24(30)25(28)31)23(29)16-8-4-3-5-9-16/h3-15,22,29H,2H2,1H3/b23-21+/t22-/m1/s1. The van der Waals surface area contributed by atoms with Crippen molar-refractivity contribution in [1.29, 1.82) is 0 Å². The molecule has 1 N–H and O–H groups in total. The molecule has 1 fully saturated rings. The summed E-state index contributed by atoms with van der Waals surface area (Å²) in [7, 11) is 0. The van der Waals surface area contributed by atoms with Crippen LogP contribution in [-0.2, 0) is 14.3 Å². The minimum atomic E-state index is -1.19. The van der Waals surface area contributed by atoms with Gasteiger partial charge in [0.1, 0.15) is 11.6 Å². The molecule has 0 spiro atoms. The summed E-state index contributed by atoms with van der Waals surface area (Å²) >= 11 is 0. The number of nitrogens with zero attached hydrogens (tertiary/aromatic N) is 1. The van der Waals surface area contributed by atoms with E-state index in [1.165, 1.54) is 42.5 Å². The molecule has 166 valence electrons. The van der Waals surface area contributed by atoms with Gasteiger partial charge in [-0.15, -0.1) is 0 Å². The van der Waals surface area contributed by atoms with E-state index in [9.17, 15) is 23.9 Å². The highest BCUT2D eigenvalue weighted by molar-refractivity contribution is 6.51. The molecule has 0 saturated carbocycles. The van der Waals surface area contributed by atoms with Crippen molar-refractivity contribution >= 4 is 29.1 Å². The number of hydrogen-bond acceptors (Lipinski definition) is 5. The lowest BCUT2D eigenvalue weighted by molar-refractivity contribution is -0.132. The first kappa shape index (κ1) is 22.0. The summed E-state index contributed by atoms with van der Waals surface area (Å²) < 4.78 is 19.8. The van der Waals surface area contributed by atoms with Gasteiger partial charge >= 0.3 is 5.97 Å². The van der Waals surface area contributed by atoms with Gasteiger partial charge < -0.3 is 9.84 Å². The second-order valence-electron chi connectivity index (χ2n) is 7.32. The van der Waals surface area contributed by atoms with Crippen LogP contribution < -0.4 is 4.90 Å². The summed E-state index contributed by atoms with van der Waals surface area (Å²) in [6.07, 6.45) is 0. The molecule has 1 amide bonds. The third kappa shape index (κ3) is 4.01. The average Bonchev–Trinajstić information content (AvgIpc) is 3.10. The second kappa shape index (κ2) is 9.08. The van der Waals surface area contributed by atoms with E-state index in [4.69, 9.17) is 4.74 Å². The van der Waals surface area contributed by atoms with Crippen LogP contribution in [0.5, 0.6) is 0 Å². The van der Waals surface area contributed by atoms with Crippen molar-refractivity contribution in [2.75, 3.05) is 11.5 Å². The molecular weight excluding hydrogens is 425 g/mol. The Labute approximate surface area is 189 Å². The van der Waals surface area contributed by atoms with E-state index in [1.807, 2.05) is 0 Å². The number of aliphatic hydroxyl groups excluding tert-OH is 1. The van der Waals surface area contributed by atoms with Crippen LogP contribution >= 0.6 is 0 Å². The molecular formula is C26H20FNO5. The largest absolute Gasteiger partial charge is 0.507 e. The fourth-order valence-corrected chi connectivity index (χ4v) is 3.81. The lowest BCUT2D eigenvalue weighted by Gasteiger charge is -2.25. The Bertz CT molecular complexity index is 1250. The topological polar surface area (TPSA) is 83.9 Å². The second-order valence-corrected chi connectivity index (χ2v) is 7.32. The zero-order chi connectivity index (χ0) is 23.5. The van der Waals surface area contributed by atoms with Crippen LogP contribution in [-0.4, -0.2) is 29.4 Å². The Morgan fingerprint density at radius 2 is 1.58 bits per heavy atom. The van der Waals surface area contributed by atoms with E-state index in [1.54, 1.807) is 43.3 Å². The molecule has 1 heterocycles. The first-order valence-electron chi connectivity index (χ1n) is 10.3. The zero-order valence-electron chi connectivity index (χ0n) is 17.7. The van der Waals surface area contributed by atoms with E-state index in [0.717, 1.165) is 4.90 Å². The number of ether oxygens (including phenoxy) is 1. The molecule has 1 aliphatic rings. The van der Waals surface area contributed by atoms with Crippen LogP contribution in [0.3, 0.4) is 0 Å². The van der Waals surface area contributed by atoms with E-state index in [-0.39, 0.29) is 29.0 Å². The number of anilines is 1. The number of halogens is 1. The molecule has 7 heteroatoms. The number of esters is 1. The molecule has 0 unspecified atom stereocenters. The van der Waals surface area contributed by atoms with Gasteiger partial charge in [-0.3, -0.25) is 14.5 Å². The van der Waals surface area contributed by atoms with E-state index >= 15 is 0 Å². The van der Waals surface area contributed by atoms with Crippen molar-refractivity contribution in [2.24, 2.45) is 0 Å². The van der Waals surface area contributed by atoms with Gasteiger partial charge in [0, 0.05) is 16.8 Å². The molecule has 0 aliphatic carbocycles. The van der Waals surface area contributed by atoms with Crippen molar-refractivity contribution in [3.8, 4) is 0 Å². The predicted octanol–water partition coefficient (Wildman–Crippen LogP) is 4.63. The monoisotopic (exact) mass is 445 g/mol. The van der Waals surface area contributed by atoms with Crippen LogP contribution in [0.15, 0.2) is 84.4 Å². The first-order valence-corrected chi connectivity index (χ1v) is 10.3. The van der Waals surface area contributed by atoms with Crippen molar-refractivity contribution in [3.05, 3.63) is 107 Å². The maximum atomic E-state index is 14.9. The van der Waals surface area contributed by atoms with Gasteiger partial charge in [0.2, 0.25) is 0 Å². The normalized spacial score (nSPS) is 17.3. The number of rotatable bonds is 5. The minimum absolute atomic E-state index is 0.0589. The molecule has 6 nitrogen and oxygen atoms in total. The van der Waals surface area contributed by atoms with Crippen LogP contribution in [0.2, 0.25) is 0 Å². The van der Waals surface area contributed by atoms with Gasteiger partial charge in [-0.25, -0.2) is 9.18 Å². The average molecular weight is 445 g/mol. The highest BCUT2D eigenvalue weighted by Crippen LogP contribution is 2.42. The summed E-state index contributed by atoms with van der Waals surface area (Å²) in [6, 6.07) is 18.7. The van der Waals surface area contributed by atoms with Gasteiger partial charge in [0.25, 0.3) is 11.7 Å². The number of amides is 1. The van der Waals surface area contributed by atoms with E-state index in [0.29, 0.717) is 5.56 Å². The quantitative estimate of drug-likeness (QED) is 0.268. The van der Waals surface area contributed by atoms with Gasteiger partial charge in [0.05, 0.1) is 23.8 Å². The Morgan fingerprint density at radius 3 is 2.21 bits per heavy atom. The first-order chi connectivity index (χ1) is 15.9. The lowest BCUT2D eigenvalue weighted by Crippen LogP contribution is -2.29. The minimum Gasteiger partial charge on any atom is -0.507 e. The molecule has 1 aliphatic heterocycles. The number of hydrogen-bond donors (Lipinski definition) is 1.